The third-order valence-electron chi connectivity index (χ3n) is 4.48. The third-order valence-corrected chi connectivity index (χ3v) is 4.97. The van der Waals surface area contributed by atoms with Crippen LogP contribution < -0.4 is 10.1 Å². The van der Waals surface area contributed by atoms with Gasteiger partial charge in [0.05, 0.1) is 12.2 Å². The maximum Gasteiger partial charge on any atom is 0.387 e. The lowest BCUT2D eigenvalue weighted by Crippen LogP contribution is -2.30. The molecule has 0 amide bonds. The summed E-state index contributed by atoms with van der Waals surface area (Å²) in [7, 11) is 0. The summed E-state index contributed by atoms with van der Waals surface area (Å²) in [4.78, 5) is 17.1. The molecule has 0 radical (unpaired) electrons. The molecule has 0 aliphatic carbocycles. The van der Waals surface area contributed by atoms with E-state index in [0.717, 1.165) is 19.3 Å². The zero-order valence-electron chi connectivity index (χ0n) is 16.0. The number of benzene rings is 1. The van der Waals surface area contributed by atoms with Crippen molar-refractivity contribution in [3.05, 3.63) is 45.8 Å². The highest BCUT2D eigenvalue weighted by atomic mass is 79.9. The smallest absolute Gasteiger partial charge is 0.387 e. The number of rotatable bonds is 8. The van der Waals surface area contributed by atoms with Crippen LogP contribution in [0.15, 0.2) is 40.3 Å². The number of unbranched alkanes of at least 4 members (excludes halogenated alkanes) is 2. The third kappa shape index (κ3) is 4.75. The first-order chi connectivity index (χ1) is 13.9. The normalized spacial score (nSPS) is 15.9. The molecule has 10 heteroatoms. The van der Waals surface area contributed by atoms with Gasteiger partial charge in [-0.3, -0.25) is 0 Å². The maximum atomic E-state index is 13.0. The van der Waals surface area contributed by atoms with E-state index in [4.69, 9.17) is 9.47 Å². The standard InChI is InChI=1S/C19H21BrF2N4O3/c1-3-4-5-8-28-17(27)15-11(2)25-19-23-10-24-26(19)16(15)13-9-12(20)6-7-14(13)29-18(21)22/h6-7,9-10,16,18H,3-5,8H2,1-2H3,(H,23,24,25). The molecule has 2 heterocycles. The molecule has 1 atom stereocenters. The van der Waals surface area contributed by atoms with E-state index in [-0.39, 0.29) is 17.9 Å². The van der Waals surface area contributed by atoms with Gasteiger partial charge in [0.2, 0.25) is 5.95 Å². The Hall–Kier alpha value is -2.49. The number of esters is 1. The summed E-state index contributed by atoms with van der Waals surface area (Å²) in [6.45, 7) is 1.03. The maximum absolute atomic E-state index is 13.0. The van der Waals surface area contributed by atoms with Gasteiger partial charge in [0.25, 0.3) is 0 Å². The zero-order chi connectivity index (χ0) is 21.0. The molecular weight excluding hydrogens is 450 g/mol. The molecule has 0 saturated carbocycles. The Morgan fingerprint density at radius 1 is 1.38 bits per heavy atom. The van der Waals surface area contributed by atoms with Crippen molar-refractivity contribution in [1.29, 1.82) is 0 Å². The van der Waals surface area contributed by atoms with Crippen molar-refractivity contribution in [3.8, 4) is 5.75 Å². The predicted molar refractivity (Wildman–Crippen MR) is 106 cm³/mol. The lowest BCUT2D eigenvalue weighted by molar-refractivity contribution is -0.139. The van der Waals surface area contributed by atoms with Crippen LogP contribution in [-0.4, -0.2) is 34.0 Å². The molecule has 156 valence electrons. The highest BCUT2D eigenvalue weighted by Gasteiger charge is 2.36. The zero-order valence-corrected chi connectivity index (χ0v) is 17.6. The van der Waals surface area contributed by atoms with Crippen molar-refractivity contribution in [2.24, 2.45) is 0 Å². The lowest BCUT2D eigenvalue weighted by atomic mass is 9.95. The van der Waals surface area contributed by atoms with Gasteiger partial charge in [0, 0.05) is 15.7 Å². The highest BCUT2D eigenvalue weighted by molar-refractivity contribution is 9.10. The minimum Gasteiger partial charge on any atom is -0.462 e. The van der Waals surface area contributed by atoms with Crippen molar-refractivity contribution in [2.45, 2.75) is 45.8 Å². The summed E-state index contributed by atoms with van der Waals surface area (Å²) in [6, 6.07) is 3.79. The Morgan fingerprint density at radius 2 is 2.17 bits per heavy atom. The van der Waals surface area contributed by atoms with Gasteiger partial charge in [-0.25, -0.2) is 9.48 Å². The molecule has 1 aliphatic rings. The van der Waals surface area contributed by atoms with Gasteiger partial charge in [-0.05, 0) is 31.5 Å². The number of nitrogens with one attached hydrogen (secondary N) is 1. The second kappa shape index (κ2) is 9.34. The second-order valence-corrected chi connectivity index (χ2v) is 7.41. The molecule has 1 unspecified atom stereocenters. The van der Waals surface area contributed by atoms with E-state index >= 15 is 0 Å². The lowest BCUT2D eigenvalue weighted by Gasteiger charge is -2.29. The number of halogens is 3. The van der Waals surface area contributed by atoms with Crippen LogP contribution in [0, 0.1) is 0 Å². The van der Waals surface area contributed by atoms with Crippen LogP contribution in [0.2, 0.25) is 0 Å². The van der Waals surface area contributed by atoms with Crippen molar-refractivity contribution in [2.75, 3.05) is 11.9 Å². The van der Waals surface area contributed by atoms with E-state index in [1.165, 1.54) is 17.1 Å². The SMILES string of the molecule is CCCCCOC(=O)C1=C(C)Nc2ncnn2C1c1cc(Br)ccc1OC(F)F. The van der Waals surface area contributed by atoms with Crippen LogP contribution >= 0.6 is 15.9 Å². The Kier molecular flexibility index (Phi) is 6.83. The molecule has 29 heavy (non-hydrogen) atoms. The number of allylic oxidation sites excluding steroid dienone is 1. The van der Waals surface area contributed by atoms with Crippen molar-refractivity contribution in [1.82, 2.24) is 14.8 Å². The summed E-state index contributed by atoms with van der Waals surface area (Å²) < 4.78 is 38.2. The largest absolute Gasteiger partial charge is 0.462 e. The predicted octanol–water partition coefficient (Wildman–Crippen LogP) is 4.66. The van der Waals surface area contributed by atoms with E-state index < -0.39 is 18.6 Å². The van der Waals surface area contributed by atoms with E-state index in [1.807, 2.05) is 0 Å². The van der Waals surface area contributed by atoms with E-state index in [9.17, 15) is 13.6 Å². The molecule has 1 N–H and O–H groups in total. The molecule has 3 rings (SSSR count). The number of carbonyl (C=O) groups excluding carboxylic acids is 1. The first-order valence-electron chi connectivity index (χ1n) is 9.21. The van der Waals surface area contributed by atoms with E-state index in [2.05, 4.69) is 38.3 Å². The number of ether oxygens (including phenoxy) is 2. The Morgan fingerprint density at radius 3 is 2.90 bits per heavy atom. The van der Waals surface area contributed by atoms with Crippen LogP contribution in [0.25, 0.3) is 0 Å². The molecule has 1 aromatic heterocycles. The summed E-state index contributed by atoms with van der Waals surface area (Å²) in [5.74, 6) is -0.209. The second-order valence-electron chi connectivity index (χ2n) is 6.50. The number of nitrogens with zero attached hydrogens (tertiary/aromatic N) is 3. The van der Waals surface area contributed by atoms with Gasteiger partial charge < -0.3 is 14.8 Å². The first-order valence-corrected chi connectivity index (χ1v) is 10.00. The van der Waals surface area contributed by atoms with Crippen molar-refractivity contribution >= 4 is 27.8 Å². The Balaban J connectivity index is 2.04. The molecule has 2 aromatic rings. The van der Waals surface area contributed by atoms with Gasteiger partial charge in [-0.15, -0.1) is 0 Å². The fraction of sp³-hybridized carbons (Fsp3) is 0.421. The number of hydrogen-bond donors (Lipinski definition) is 1. The average molecular weight is 471 g/mol. The molecule has 1 aliphatic heterocycles. The number of carbonyl (C=O) groups is 1. The van der Waals surface area contributed by atoms with Crippen molar-refractivity contribution in [3.63, 3.8) is 0 Å². The fourth-order valence-corrected chi connectivity index (χ4v) is 3.55. The summed E-state index contributed by atoms with van der Waals surface area (Å²) in [5, 5.41) is 7.20. The quantitative estimate of drug-likeness (QED) is 0.446. The summed E-state index contributed by atoms with van der Waals surface area (Å²) >= 11 is 3.35. The van der Waals surface area contributed by atoms with Gasteiger partial charge in [0.1, 0.15) is 18.1 Å². The molecule has 0 bridgehead atoms. The minimum atomic E-state index is -3.01. The fourth-order valence-electron chi connectivity index (χ4n) is 3.17. The number of fused-ring (bicyclic) bond motifs is 1. The van der Waals surface area contributed by atoms with Gasteiger partial charge >= 0.3 is 12.6 Å². The molecular formula is C19H21BrF2N4O3. The molecule has 0 spiro atoms. The summed E-state index contributed by atoms with van der Waals surface area (Å²) in [6.07, 6.45) is 4.01. The number of aromatic nitrogens is 3. The number of hydrogen-bond acceptors (Lipinski definition) is 6. The van der Waals surface area contributed by atoms with E-state index in [0.29, 0.717) is 21.7 Å². The highest BCUT2D eigenvalue weighted by Crippen LogP contribution is 2.40. The molecule has 1 aromatic carbocycles. The van der Waals surface area contributed by atoms with Crippen LogP contribution in [-0.2, 0) is 9.53 Å². The minimum absolute atomic E-state index is 0.0550. The first kappa shape index (κ1) is 21.2. The molecule has 0 fully saturated rings. The topological polar surface area (TPSA) is 78.3 Å². The van der Waals surface area contributed by atoms with Crippen molar-refractivity contribution < 1.29 is 23.0 Å². The van der Waals surface area contributed by atoms with Crippen LogP contribution in [0.4, 0.5) is 14.7 Å². The molecule has 7 nitrogen and oxygen atoms in total. The van der Waals surface area contributed by atoms with Crippen LogP contribution in [0.3, 0.4) is 0 Å². The van der Waals surface area contributed by atoms with E-state index in [1.54, 1.807) is 19.1 Å². The van der Waals surface area contributed by atoms with Gasteiger partial charge in [-0.1, -0.05) is 35.7 Å². The Labute approximate surface area is 175 Å². The molecule has 0 saturated heterocycles. The monoisotopic (exact) mass is 470 g/mol. The average Bonchev–Trinajstić information content (AvgIpc) is 3.13. The number of alkyl halides is 2. The summed E-state index contributed by atoms with van der Waals surface area (Å²) in [5.41, 5.74) is 1.11. The van der Waals surface area contributed by atoms with Gasteiger partial charge in [0.15, 0.2) is 0 Å². The van der Waals surface area contributed by atoms with Crippen LogP contribution in [0.5, 0.6) is 5.75 Å². The van der Waals surface area contributed by atoms with Gasteiger partial charge in [-0.2, -0.15) is 18.9 Å². The van der Waals surface area contributed by atoms with Crippen LogP contribution in [0.1, 0.15) is 44.7 Å². The number of anilines is 1. The Bertz CT molecular complexity index is 917.